The number of carbonyl (C=O) groups is 1. The van der Waals surface area contributed by atoms with Gasteiger partial charge in [-0.15, -0.1) is 12.4 Å². The van der Waals surface area contributed by atoms with E-state index in [2.05, 4.69) is 16.7 Å². The van der Waals surface area contributed by atoms with E-state index in [0.717, 1.165) is 38.4 Å². The van der Waals surface area contributed by atoms with Crippen LogP contribution in [0.5, 0.6) is 0 Å². The number of piperidine rings is 1. The standard InChI is InChI=1S/C17H32N2O2.ClH/c1-2-19(14-17(20)21)16-9-12-18(13-10-16)11-5-8-15-6-3-4-7-15;/h15-16H,2-14H2,1H3,(H,20,21);1H. The summed E-state index contributed by atoms with van der Waals surface area (Å²) in [5, 5.41) is 8.97. The lowest BCUT2D eigenvalue weighted by molar-refractivity contribution is -0.139. The van der Waals surface area contributed by atoms with Crippen LogP contribution in [0.2, 0.25) is 0 Å². The molecule has 4 nitrogen and oxygen atoms in total. The van der Waals surface area contributed by atoms with Crippen molar-refractivity contribution in [2.24, 2.45) is 5.92 Å². The van der Waals surface area contributed by atoms with Gasteiger partial charge in [0.05, 0.1) is 6.54 Å². The minimum atomic E-state index is -0.698. The topological polar surface area (TPSA) is 43.8 Å². The first-order chi connectivity index (χ1) is 10.2. The van der Waals surface area contributed by atoms with E-state index in [1.807, 2.05) is 0 Å². The van der Waals surface area contributed by atoms with Crippen LogP contribution in [0.4, 0.5) is 0 Å². The average molecular weight is 333 g/mol. The Morgan fingerprint density at radius 2 is 1.82 bits per heavy atom. The van der Waals surface area contributed by atoms with E-state index in [4.69, 9.17) is 5.11 Å². The molecular weight excluding hydrogens is 300 g/mol. The second kappa shape index (κ2) is 10.5. The predicted octanol–water partition coefficient (Wildman–Crippen LogP) is 3.25. The van der Waals surface area contributed by atoms with Crippen LogP contribution in [0.25, 0.3) is 0 Å². The van der Waals surface area contributed by atoms with Gasteiger partial charge < -0.3 is 10.0 Å². The van der Waals surface area contributed by atoms with Gasteiger partial charge in [-0.1, -0.05) is 32.6 Å². The molecule has 2 rings (SSSR count). The third-order valence-electron chi connectivity index (χ3n) is 5.38. The smallest absolute Gasteiger partial charge is 0.317 e. The predicted molar refractivity (Wildman–Crippen MR) is 92.8 cm³/mol. The van der Waals surface area contributed by atoms with Crippen LogP contribution in [0.3, 0.4) is 0 Å². The van der Waals surface area contributed by atoms with Crippen LogP contribution in [-0.2, 0) is 4.79 Å². The number of likely N-dealkylation sites (N-methyl/N-ethyl adjacent to an activating group) is 1. The maximum absolute atomic E-state index is 10.9. The summed E-state index contributed by atoms with van der Waals surface area (Å²) in [6, 6.07) is 0.470. The van der Waals surface area contributed by atoms with Crippen molar-refractivity contribution in [1.82, 2.24) is 9.80 Å². The van der Waals surface area contributed by atoms with Crippen LogP contribution in [-0.4, -0.2) is 59.6 Å². The van der Waals surface area contributed by atoms with Crippen molar-refractivity contribution in [3.05, 3.63) is 0 Å². The number of hydrogen-bond donors (Lipinski definition) is 1. The fourth-order valence-corrected chi connectivity index (χ4v) is 4.08. The molecule has 0 atom stereocenters. The molecule has 0 aromatic heterocycles. The molecule has 0 radical (unpaired) electrons. The minimum absolute atomic E-state index is 0. The van der Waals surface area contributed by atoms with Crippen molar-refractivity contribution in [1.29, 1.82) is 0 Å². The number of aliphatic carboxylic acids is 1. The zero-order valence-corrected chi connectivity index (χ0v) is 14.8. The number of halogens is 1. The zero-order valence-electron chi connectivity index (χ0n) is 14.0. The number of carboxylic acids is 1. The SMILES string of the molecule is CCN(CC(=O)O)C1CCN(CCCC2CCCC2)CC1.Cl. The summed E-state index contributed by atoms with van der Waals surface area (Å²) in [5.41, 5.74) is 0. The van der Waals surface area contributed by atoms with Gasteiger partial charge >= 0.3 is 5.97 Å². The summed E-state index contributed by atoms with van der Waals surface area (Å²) in [6.07, 6.45) is 10.8. The second-order valence-electron chi connectivity index (χ2n) is 6.82. The van der Waals surface area contributed by atoms with Gasteiger partial charge in [0.15, 0.2) is 0 Å². The van der Waals surface area contributed by atoms with Gasteiger partial charge in [-0.2, -0.15) is 0 Å². The molecule has 1 N–H and O–H groups in total. The average Bonchev–Trinajstić information content (AvgIpc) is 2.99. The molecule has 0 aromatic carbocycles. The Morgan fingerprint density at radius 3 is 2.36 bits per heavy atom. The highest BCUT2D eigenvalue weighted by Crippen LogP contribution is 2.28. The lowest BCUT2D eigenvalue weighted by Gasteiger charge is -2.37. The van der Waals surface area contributed by atoms with Gasteiger partial charge in [0, 0.05) is 6.04 Å². The fourth-order valence-electron chi connectivity index (χ4n) is 4.08. The quantitative estimate of drug-likeness (QED) is 0.741. The largest absolute Gasteiger partial charge is 0.480 e. The third-order valence-corrected chi connectivity index (χ3v) is 5.38. The second-order valence-corrected chi connectivity index (χ2v) is 6.82. The third kappa shape index (κ3) is 6.43. The molecule has 2 fully saturated rings. The van der Waals surface area contributed by atoms with Crippen LogP contribution in [0, 0.1) is 5.92 Å². The molecule has 2 aliphatic rings. The van der Waals surface area contributed by atoms with Gasteiger partial charge in [-0.05, 0) is 57.8 Å². The van der Waals surface area contributed by atoms with Gasteiger partial charge in [-0.25, -0.2) is 0 Å². The first-order valence-corrected chi connectivity index (χ1v) is 8.87. The Morgan fingerprint density at radius 1 is 1.18 bits per heavy atom. The minimum Gasteiger partial charge on any atom is -0.480 e. The molecule has 0 unspecified atom stereocenters. The molecular formula is C17H33ClN2O2. The van der Waals surface area contributed by atoms with Crippen molar-refractivity contribution in [3.8, 4) is 0 Å². The van der Waals surface area contributed by atoms with Gasteiger partial charge in [0.25, 0.3) is 0 Å². The van der Waals surface area contributed by atoms with Crippen LogP contribution < -0.4 is 0 Å². The van der Waals surface area contributed by atoms with E-state index >= 15 is 0 Å². The Hall–Kier alpha value is -0.320. The van der Waals surface area contributed by atoms with E-state index in [1.54, 1.807) is 0 Å². The summed E-state index contributed by atoms with van der Waals surface area (Å²) < 4.78 is 0. The van der Waals surface area contributed by atoms with Crippen molar-refractivity contribution in [2.45, 2.75) is 64.3 Å². The lowest BCUT2D eigenvalue weighted by atomic mass is 10.00. The molecule has 0 aromatic rings. The maximum atomic E-state index is 10.9. The molecule has 22 heavy (non-hydrogen) atoms. The first kappa shape index (κ1) is 19.7. The van der Waals surface area contributed by atoms with E-state index < -0.39 is 5.97 Å². The normalized spacial score (nSPS) is 21.2. The Labute approximate surface area is 141 Å². The summed E-state index contributed by atoms with van der Waals surface area (Å²) in [5.74, 6) is 0.310. The van der Waals surface area contributed by atoms with E-state index in [1.165, 1.54) is 45.1 Å². The van der Waals surface area contributed by atoms with Gasteiger partial charge in [0.2, 0.25) is 0 Å². The monoisotopic (exact) mass is 332 g/mol. The Kier molecular flexibility index (Phi) is 9.37. The Balaban J connectivity index is 0.00000242. The lowest BCUT2D eigenvalue weighted by Crippen LogP contribution is -2.46. The number of rotatable bonds is 8. The first-order valence-electron chi connectivity index (χ1n) is 8.87. The number of likely N-dealkylation sites (tertiary alicyclic amines) is 1. The highest BCUT2D eigenvalue weighted by molar-refractivity contribution is 5.85. The Bertz CT molecular complexity index is 314. The van der Waals surface area contributed by atoms with Gasteiger partial charge in [-0.3, -0.25) is 9.69 Å². The molecule has 1 aliphatic heterocycles. The van der Waals surface area contributed by atoms with Crippen LogP contribution >= 0.6 is 12.4 Å². The highest BCUT2D eigenvalue weighted by atomic mass is 35.5. The summed E-state index contributed by atoms with van der Waals surface area (Å²) >= 11 is 0. The van der Waals surface area contributed by atoms with E-state index in [0.29, 0.717) is 6.04 Å². The van der Waals surface area contributed by atoms with Crippen LogP contribution in [0.15, 0.2) is 0 Å². The van der Waals surface area contributed by atoms with E-state index in [9.17, 15) is 4.79 Å². The molecule has 1 saturated carbocycles. The molecule has 1 aliphatic carbocycles. The molecule has 0 bridgehead atoms. The molecule has 130 valence electrons. The molecule has 1 saturated heterocycles. The number of hydrogen-bond acceptors (Lipinski definition) is 3. The maximum Gasteiger partial charge on any atom is 0.317 e. The summed E-state index contributed by atoms with van der Waals surface area (Å²) in [4.78, 5) is 15.6. The molecule has 0 spiro atoms. The van der Waals surface area contributed by atoms with Crippen molar-refractivity contribution < 1.29 is 9.90 Å². The number of nitrogens with zero attached hydrogens (tertiary/aromatic N) is 2. The summed E-state index contributed by atoms with van der Waals surface area (Å²) in [6.45, 7) is 6.64. The van der Waals surface area contributed by atoms with Gasteiger partial charge in [0.1, 0.15) is 0 Å². The van der Waals surface area contributed by atoms with Crippen molar-refractivity contribution in [3.63, 3.8) is 0 Å². The van der Waals surface area contributed by atoms with Crippen LogP contribution in [0.1, 0.15) is 58.3 Å². The van der Waals surface area contributed by atoms with E-state index in [-0.39, 0.29) is 19.0 Å². The molecule has 1 heterocycles. The van der Waals surface area contributed by atoms with Crippen molar-refractivity contribution >= 4 is 18.4 Å². The number of carboxylic acid groups (broad SMARTS) is 1. The summed E-state index contributed by atoms with van der Waals surface area (Å²) in [7, 11) is 0. The highest BCUT2D eigenvalue weighted by Gasteiger charge is 2.25. The molecule has 0 amide bonds. The molecule has 5 heteroatoms. The van der Waals surface area contributed by atoms with Crippen molar-refractivity contribution in [2.75, 3.05) is 32.7 Å². The zero-order chi connectivity index (χ0) is 15.1. The fraction of sp³-hybridized carbons (Fsp3) is 0.941.